The molecule has 1 fully saturated rings. The molecule has 0 spiro atoms. The van der Waals surface area contributed by atoms with Gasteiger partial charge in [-0.25, -0.2) is 4.79 Å². The fraction of sp³-hybridized carbons (Fsp3) is 0.353. The number of benzene rings is 1. The van der Waals surface area contributed by atoms with Crippen LogP contribution in [0.4, 0.5) is 10.6 Å². The molecule has 1 aliphatic rings. The van der Waals surface area contributed by atoms with Crippen molar-refractivity contribution in [1.29, 1.82) is 0 Å². The molecule has 2 amide bonds. The molecule has 1 aromatic heterocycles. The number of nitrogens with one attached hydrogen (secondary N) is 3. The first-order chi connectivity index (χ1) is 11.7. The van der Waals surface area contributed by atoms with E-state index in [0.29, 0.717) is 10.8 Å². The maximum Gasteiger partial charge on any atom is 0.333 e. The molecule has 0 bridgehead atoms. The quantitative estimate of drug-likeness (QED) is 0.737. The Morgan fingerprint density at radius 3 is 2.42 bits per heavy atom. The molecule has 7 heteroatoms. The predicted octanol–water partition coefficient (Wildman–Crippen LogP) is 3.76. The van der Waals surface area contributed by atoms with Crippen molar-refractivity contribution in [3.63, 3.8) is 0 Å². The summed E-state index contributed by atoms with van der Waals surface area (Å²) in [5.41, 5.74) is 7.03. The van der Waals surface area contributed by atoms with Gasteiger partial charge in [-0.1, -0.05) is 43.0 Å². The van der Waals surface area contributed by atoms with E-state index in [4.69, 9.17) is 11.6 Å². The van der Waals surface area contributed by atoms with Crippen molar-refractivity contribution >= 4 is 23.4 Å². The van der Waals surface area contributed by atoms with Gasteiger partial charge in [-0.05, 0) is 37.1 Å². The molecule has 0 unspecified atom stereocenters. The van der Waals surface area contributed by atoms with E-state index in [1.807, 2.05) is 30.3 Å². The third-order valence-electron chi connectivity index (χ3n) is 4.05. The summed E-state index contributed by atoms with van der Waals surface area (Å²) in [5.74, 6) is 0.478. The van der Waals surface area contributed by atoms with Gasteiger partial charge in [0, 0.05) is 16.6 Å². The molecule has 24 heavy (non-hydrogen) atoms. The van der Waals surface area contributed by atoms with Crippen LogP contribution < -0.4 is 16.2 Å². The fourth-order valence-electron chi connectivity index (χ4n) is 2.76. The summed E-state index contributed by atoms with van der Waals surface area (Å²) in [6.07, 6.45) is 5.70. The van der Waals surface area contributed by atoms with Crippen molar-refractivity contribution in [2.24, 2.45) is 0 Å². The Hall–Kier alpha value is -2.34. The minimum Gasteiger partial charge on any atom is -0.334 e. The zero-order valence-corrected chi connectivity index (χ0v) is 14.0. The maximum atomic E-state index is 11.9. The standard InChI is InChI=1S/C17H20ClN5O/c18-13-8-6-12(7-9-13)15-10-11-16(21-20-15)22-23-17(24)19-14-4-2-1-3-5-14/h6-11,14H,1-5H2,(H,21,22)(H2,19,23,24). The van der Waals surface area contributed by atoms with Gasteiger partial charge in [0.25, 0.3) is 0 Å². The van der Waals surface area contributed by atoms with Crippen molar-refractivity contribution < 1.29 is 4.79 Å². The van der Waals surface area contributed by atoms with Gasteiger partial charge in [0.05, 0.1) is 5.69 Å². The van der Waals surface area contributed by atoms with E-state index in [2.05, 4.69) is 26.4 Å². The average molecular weight is 346 g/mol. The normalized spacial score (nSPS) is 14.9. The number of carbonyl (C=O) groups excluding carboxylic acids is 1. The molecule has 3 rings (SSSR count). The van der Waals surface area contributed by atoms with E-state index in [1.165, 1.54) is 19.3 Å². The summed E-state index contributed by atoms with van der Waals surface area (Å²) >= 11 is 5.87. The lowest BCUT2D eigenvalue weighted by Crippen LogP contribution is -2.45. The van der Waals surface area contributed by atoms with Crippen molar-refractivity contribution in [1.82, 2.24) is 20.9 Å². The van der Waals surface area contributed by atoms with Gasteiger partial charge >= 0.3 is 6.03 Å². The minimum absolute atomic E-state index is 0.245. The molecule has 0 radical (unpaired) electrons. The van der Waals surface area contributed by atoms with Crippen LogP contribution in [0.15, 0.2) is 36.4 Å². The third-order valence-corrected chi connectivity index (χ3v) is 4.30. The van der Waals surface area contributed by atoms with Crippen LogP contribution >= 0.6 is 11.6 Å². The first-order valence-electron chi connectivity index (χ1n) is 8.13. The lowest BCUT2D eigenvalue weighted by molar-refractivity contribution is 0.234. The summed E-state index contributed by atoms with van der Waals surface area (Å²) in [6, 6.07) is 11.0. The van der Waals surface area contributed by atoms with Gasteiger partial charge in [0.15, 0.2) is 5.82 Å². The molecule has 126 valence electrons. The number of aromatic nitrogens is 2. The van der Waals surface area contributed by atoms with E-state index in [0.717, 1.165) is 24.1 Å². The van der Waals surface area contributed by atoms with Crippen molar-refractivity contribution in [3.05, 3.63) is 41.4 Å². The van der Waals surface area contributed by atoms with E-state index >= 15 is 0 Å². The van der Waals surface area contributed by atoms with Gasteiger partial charge < -0.3 is 5.32 Å². The first-order valence-corrected chi connectivity index (χ1v) is 8.51. The Morgan fingerprint density at radius 2 is 1.75 bits per heavy atom. The van der Waals surface area contributed by atoms with Crippen LogP contribution in [0, 0.1) is 0 Å². The molecule has 3 N–H and O–H groups in total. The molecule has 1 aliphatic carbocycles. The van der Waals surface area contributed by atoms with E-state index in [-0.39, 0.29) is 12.1 Å². The van der Waals surface area contributed by atoms with Gasteiger partial charge in [-0.3, -0.25) is 10.9 Å². The zero-order valence-electron chi connectivity index (χ0n) is 13.3. The van der Waals surface area contributed by atoms with Crippen LogP contribution in [0.3, 0.4) is 0 Å². The molecule has 1 saturated carbocycles. The summed E-state index contributed by atoms with van der Waals surface area (Å²) in [6.45, 7) is 0. The highest BCUT2D eigenvalue weighted by molar-refractivity contribution is 6.30. The first kappa shape index (κ1) is 16.5. The monoisotopic (exact) mass is 345 g/mol. The maximum absolute atomic E-state index is 11.9. The summed E-state index contributed by atoms with van der Waals surface area (Å²) < 4.78 is 0. The van der Waals surface area contributed by atoms with E-state index in [9.17, 15) is 4.79 Å². The van der Waals surface area contributed by atoms with Gasteiger partial charge in [0.2, 0.25) is 0 Å². The van der Waals surface area contributed by atoms with Crippen molar-refractivity contribution in [2.75, 3.05) is 5.43 Å². The molecular weight excluding hydrogens is 326 g/mol. The largest absolute Gasteiger partial charge is 0.334 e. The number of nitrogens with zero attached hydrogens (tertiary/aromatic N) is 2. The number of amides is 2. The predicted molar refractivity (Wildman–Crippen MR) is 94.6 cm³/mol. The third kappa shape index (κ3) is 4.58. The Labute approximate surface area is 146 Å². The highest BCUT2D eigenvalue weighted by Gasteiger charge is 2.15. The summed E-state index contributed by atoms with van der Waals surface area (Å²) in [4.78, 5) is 11.9. The molecule has 0 saturated heterocycles. The lowest BCUT2D eigenvalue weighted by atomic mass is 9.96. The Bertz CT molecular complexity index is 668. The molecule has 2 aromatic rings. The minimum atomic E-state index is -0.245. The van der Waals surface area contributed by atoms with Crippen LogP contribution in [-0.4, -0.2) is 22.3 Å². The molecule has 6 nitrogen and oxygen atoms in total. The van der Waals surface area contributed by atoms with Crippen LogP contribution in [0.5, 0.6) is 0 Å². The molecule has 1 heterocycles. The number of halogens is 1. The number of rotatable bonds is 4. The fourth-order valence-corrected chi connectivity index (χ4v) is 2.89. The van der Waals surface area contributed by atoms with Crippen LogP contribution in [0.2, 0.25) is 5.02 Å². The number of urea groups is 1. The van der Waals surface area contributed by atoms with Gasteiger partial charge in [0.1, 0.15) is 0 Å². The van der Waals surface area contributed by atoms with Crippen molar-refractivity contribution in [3.8, 4) is 11.3 Å². The Kier molecular flexibility index (Phi) is 5.48. The number of hydrogen-bond donors (Lipinski definition) is 3. The lowest BCUT2D eigenvalue weighted by Gasteiger charge is -2.22. The van der Waals surface area contributed by atoms with Crippen LogP contribution in [-0.2, 0) is 0 Å². The van der Waals surface area contributed by atoms with E-state index < -0.39 is 0 Å². The number of carbonyl (C=O) groups is 1. The number of hydrogen-bond acceptors (Lipinski definition) is 4. The Morgan fingerprint density at radius 1 is 1.00 bits per heavy atom. The Balaban J connectivity index is 1.50. The zero-order chi connectivity index (χ0) is 16.8. The van der Waals surface area contributed by atoms with E-state index in [1.54, 1.807) is 6.07 Å². The average Bonchev–Trinajstić information content (AvgIpc) is 2.62. The van der Waals surface area contributed by atoms with Crippen LogP contribution in [0.1, 0.15) is 32.1 Å². The van der Waals surface area contributed by atoms with Crippen LogP contribution in [0.25, 0.3) is 11.3 Å². The van der Waals surface area contributed by atoms with Gasteiger partial charge in [-0.2, -0.15) is 0 Å². The SMILES string of the molecule is O=C(NNc1ccc(-c2ccc(Cl)cc2)nn1)NC1CCCCC1. The second-order valence-corrected chi connectivity index (χ2v) is 6.31. The molecular formula is C17H20ClN5O. The second-order valence-electron chi connectivity index (χ2n) is 5.87. The van der Waals surface area contributed by atoms with Crippen molar-refractivity contribution in [2.45, 2.75) is 38.1 Å². The molecule has 0 atom stereocenters. The smallest absolute Gasteiger partial charge is 0.333 e. The van der Waals surface area contributed by atoms with Gasteiger partial charge in [-0.15, -0.1) is 10.2 Å². The molecule has 1 aromatic carbocycles. The highest BCUT2D eigenvalue weighted by Crippen LogP contribution is 2.19. The summed E-state index contributed by atoms with van der Waals surface area (Å²) in [5, 5.41) is 11.8. The molecule has 0 aliphatic heterocycles. The number of hydrazine groups is 1. The topological polar surface area (TPSA) is 78.9 Å². The number of anilines is 1. The second kappa shape index (κ2) is 7.97. The summed E-state index contributed by atoms with van der Waals surface area (Å²) in [7, 11) is 0. The highest BCUT2D eigenvalue weighted by atomic mass is 35.5.